The number of imidazole rings is 1. The van der Waals surface area contributed by atoms with Gasteiger partial charge in [-0.2, -0.15) is 0 Å². The van der Waals surface area contributed by atoms with Crippen molar-refractivity contribution in [2.75, 3.05) is 13.1 Å². The number of aromatic amines is 1. The molecule has 17 heavy (non-hydrogen) atoms. The van der Waals surface area contributed by atoms with Gasteiger partial charge in [0.2, 0.25) is 5.91 Å². The van der Waals surface area contributed by atoms with Crippen molar-refractivity contribution in [3.05, 3.63) is 18.2 Å². The monoisotopic (exact) mass is 236 g/mol. The van der Waals surface area contributed by atoms with E-state index < -0.39 is 0 Å². The number of nitrogens with two attached hydrogens (primary N) is 1. The summed E-state index contributed by atoms with van der Waals surface area (Å²) < 4.78 is 0. The molecule has 1 saturated carbocycles. The maximum absolute atomic E-state index is 12.0. The molecule has 2 rings (SSSR count). The molecule has 1 aliphatic carbocycles. The molecule has 2 unspecified atom stereocenters. The fraction of sp³-hybridized carbons (Fsp3) is 0.667. The van der Waals surface area contributed by atoms with E-state index in [9.17, 15) is 4.79 Å². The van der Waals surface area contributed by atoms with Gasteiger partial charge in [-0.3, -0.25) is 4.79 Å². The number of rotatable bonds is 5. The lowest BCUT2D eigenvalue weighted by atomic mass is 9.95. The fourth-order valence-electron chi connectivity index (χ4n) is 2.54. The first-order valence-corrected chi connectivity index (χ1v) is 6.26. The van der Waals surface area contributed by atoms with Crippen LogP contribution in [0.5, 0.6) is 0 Å². The smallest absolute Gasteiger partial charge is 0.223 e. The van der Waals surface area contributed by atoms with Crippen LogP contribution in [-0.4, -0.2) is 29.0 Å². The van der Waals surface area contributed by atoms with E-state index in [2.05, 4.69) is 15.3 Å². The van der Waals surface area contributed by atoms with Crippen LogP contribution >= 0.6 is 0 Å². The number of H-pyrrole nitrogens is 1. The highest BCUT2D eigenvalue weighted by Gasteiger charge is 2.31. The lowest BCUT2D eigenvalue weighted by Crippen LogP contribution is -2.36. The molecule has 1 aromatic rings. The Morgan fingerprint density at radius 1 is 1.59 bits per heavy atom. The van der Waals surface area contributed by atoms with Crippen molar-refractivity contribution in [3.8, 4) is 0 Å². The van der Waals surface area contributed by atoms with Crippen LogP contribution < -0.4 is 11.1 Å². The first-order chi connectivity index (χ1) is 8.31. The molecule has 94 valence electrons. The van der Waals surface area contributed by atoms with Crippen LogP contribution in [0.25, 0.3) is 0 Å². The molecule has 0 saturated heterocycles. The molecule has 1 fully saturated rings. The van der Waals surface area contributed by atoms with Crippen LogP contribution in [0.1, 0.15) is 25.0 Å². The van der Waals surface area contributed by atoms with Crippen molar-refractivity contribution < 1.29 is 4.79 Å². The summed E-state index contributed by atoms with van der Waals surface area (Å²) in [7, 11) is 0. The predicted molar refractivity (Wildman–Crippen MR) is 65.2 cm³/mol. The van der Waals surface area contributed by atoms with Gasteiger partial charge in [-0.05, 0) is 25.3 Å². The number of carbonyl (C=O) groups excluding carboxylic acids is 1. The Morgan fingerprint density at radius 2 is 2.47 bits per heavy atom. The van der Waals surface area contributed by atoms with Gasteiger partial charge in [-0.1, -0.05) is 6.42 Å². The van der Waals surface area contributed by atoms with Crippen LogP contribution in [0.3, 0.4) is 0 Å². The van der Waals surface area contributed by atoms with Crippen molar-refractivity contribution in [1.82, 2.24) is 15.3 Å². The second-order valence-corrected chi connectivity index (χ2v) is 4.65. The summed E-state index contributed by atoms with van der Waals surface area (Å²) in [6.45, 7) is 1.29. The van der Waals surface area contributed by atoms with Crippen LogP contribution in [0.2, 0.25) is 0 Å². The van der Waals surface area contributed by atoms with Crippen LogP contribution in [0, 0.1) is 11.8 Å². The minimum atomic E-state index is 0.127. The zero-order valence-electron chi connectivity index (χ0n) is 9.98. The Hall–Kier alpha value is -1.36. The molecule has 1 heterocycles. The maximum atomic E-state index is 12.0. The summed E-state index contributed by atoms with van der Waals surface area (Å²) in [4.78, 5) is 18.9. The van der Waals surface area contributed by atoms with Gasteiger partial charge in [0.25, 0.3) is 0 Å². The molecule has 1 amide bonds. The molecule has 2 atom stereocenters. The second-order valence-electron chi connectivity index (χ2n) is 4.65. The van der Waals surface area contributed by atoms with E-state index in [1.54, 1.807) is 12.5 Å². The average molecular weight is 236 g/mol. The quantitative estimate of drug-likeness (QED) is 0.693. The Balaban J connectivity index is 1.73. The number of carbonyl (C=O) groups is 1. The third-order valence-corrected chi connectivity index (χ3v) is 3.55. The minimum Gasteiger partial charge on any atom is -0.355 e. The summed E-state index contributed by atoms with van der Waals surface area (Å²) >= 11 is 0. The number of nitrogens with zero attached hydrogens (tertiary/aromatic N) is 1. The first-order valence-electron chi connectivity index (χ1n) is 6.26. The van der Waals surface area contributed by atoms with Gasteiger partial charge in [0.05, 0.1) is 6.33 Å². The highest BCUT2D eigenvalue weighted by atomic mass is 16.1. The normalized spacial score (nSPS) is 23.8. The topological polar surface area (TPSA) is 83.8 Å². The number of hydrogen-bond donors (Lipinski definition) is 3. The van der Waals surface area contributed by atoms with E-state index in [4.69, 9.17) is 5.73 Å². The SMILES string of the molecule is NCC1CCCC1C(=O)NCCc1cnc[nH]1. The van der Waals surface area contributed by atoms with Gasteiger partial charge in [0, 0.05) is 30.8 Å². The van der Waals surface area contributed by atoms with E-state index in [-0.39, 0.29) is 11.8 Å². The summed E-state index contributed by atoms with van der Waals surface area (Å²) in [6, 6.07) is 0. The van der Waals surface area contributed by atoms with Gasteiger partial charge in [0.1, 0.15) is 0 Å². The standard InChI is InChI=1S/C12H20N4O/c13-6-9-2-1-3-11(9)12(17)15-5-4-10-7-14-8-16-10/h7-9,11H,1-6,13H2,(H,14,16)(H,15,17). The van der Waals surface area contributed by atoms with E-state index >= 15 is 0 Å². The maximum Gasteiger partial charge on any atom is 0.223 e. The van der Waals surface area contributed by atoms with E-state index in [0.29, 0.717) is 19.0 Å². The van der Waals surface area contributed by atoms with Crippen molar-refractivity contribution in [3.63, 3.8) is 0 Å². The summed E-state index contributed by atoms with van der Waals surface area (Å²) in [5, 5.41) is 2.98. The van der Waals surface area contributed by atoms with Crippen molar-refractivity contribution in [2.45, 2.75) is 25.7 Å². The molecule has 0 spiro atoms. The van der Waals surface area contributed by atoms with E-state index in [0.717, 1.165) is 31.4 Å². The molecule has 4 N–H and O–H groups in total. The van der Waals surface area contributed by atoms with Gasteiger partial charge < -0.3 is 16.0 Å². The predicted octanol–water partition coefficient (Wildman–Crippen LogP) is 0.443. The molecule has 0 radical (unpaired) electrons. The summed E-state index contributed by atoms with van der Waals surface area (Å²) in [5.74, 6) is 0.668. The molecule has 0 aromatic carbocycles. The Morgan fingerprint density at radius 3 is 3.18 bits per heavy atom. The zero-order chi connectivity index (χ0) is 12.1. The second kappa shape index (κ2) is 5.82. The Labute approximate surface area is 101 Å². The summed E-state index contributed by atoms with van der Waals surface area (Å²) in [5.41, 5.74) is 6.72. The van der Waals surface area contributed by atoms with Crippen LogP contribution in [0.15, 0.2) is 12.5 Å². The van der Waals surface area contributed by atoms with E-state index in [1.807, 2.05) is 0 Å². The lowest BCUT2D eigenvalue weighted by molar-refractivity contribution is -0.125. The Kier molecular flexibility index (Phi) is 4.14. The lowest BCUT2D eigenvalue weighted by Gasteiger charge is -2.17. The highest BCUT2D eigenvalue weighted by Crippen LogP contribution is 2.30. The van der Waals surface area contributed by atoms with Gasteiger partial charge in [-0.25, -0.2) is 4.98 Å². The zero-order valence-corrected chi connectivity index (χ0v) is 9.98. The number of amides is 1. The summed E-state index contributed by atoms with van der Waals surface area (Å²) in [6.07, 6.45) is 7.43. The van der Waals surface area contributed by atoms with Gasteiger partial charge >= 0.3 is 0 Å². The molecular weight excluding hydrogens is 216 g/mol. The van der Waals surface area contributed by atoms with Gasteiger partial charge in [0.15, 0.2) is 0 Å². The van der Waals surface area contributed by atoms with Crippen molar-refractivity contribution in [2.24, 2.45) is 17.6 Å². The van der Waals surface area contributed by atoms with Crippen molar-refractivity contribution >= 4 is 5.91 Å². The third-order valence-electron chi connectivity index (χ3n) is 3.55. The highest BCUT2D eigenvalue weighted by molar-refractivity contribution is 5.79. The molecular formula is C12H20N4O. The average Bonchev–Trinajstić information content (AvgIpc) is 2.99. The molecule has 0 bridgehead atoms. The molecule has 0 aliphatic heterocycles. The number of nitrogens with one attached hydrogen (secondary N) is 2. The fourth-order valence-corrected chi connectivity index (χ4v) is 2.54. The minimum absolute atomic E-state index is 0.127. The van der Waals surface area contributed by atoms with Gasteiger partial charge in [-0.15, -0.1) is 0 Å². The van der Waals surface area contributed by atoms with E-state index in [1.165, 1.54) is 0 Å². The Bertz CT molecular complexity index is 349. The number of hydrogen-bond acceptors (Lipinski definition) is 3. The molecule has 1 aliphatic rings. The third kappa shape index (κ3) is 3.06. The molecule has 1 aromatic heterocycles. The number of aromatic nitrogens is 2. The molecule has 5 nitrogen and oxygen atoms in total. The van der Waals surface area contributed by atoms with Crippen molar-refractivity contribution in [1.29, 1.82) is 0 Å². The van der Waals surface area contributed by atoms with Crippen LogP contribution in [-0.2, 0) is 11.2 Å². The van der Waals surface area contributed by atoms with Crippen LogP contribution in [0.4, 0.5) is 0 Å². The largest absolute Gasteiger partial charge is 0.355 e. The molecule has 5 heteroatoms. The first kappa shape index (κ1) is 12.1.